The van der Waals surface area contributed by atoms with Crippen LogP contribution in [0, 0.1) is 5.92 Å². The van der Waals surface area contributed by atoms with E-state index in [1.807, 2.05) is 19.1 Å². The number of ether oxygens (including phenoxy) is 1. The lowest BCUT2D eigenvalue weighted by Crippen LogP contribution is -2.32. The minimum absolute atomic E-state index is 0.261. The number of hydrogen-bond acceptors (Lipinski definition) is 3. The number of aliphatic hydroxyl groups excluding tert-OH is 1. The first-order chi connectivity index (χ1) is 8.58. The predicted molar refractivity (Wildman–Crippen MR) is 74.9 cm³/mol. The number of methoxy groups -OCH3 is 1. The average molecular weight is 251 g/mol. The molecule has 0 aliphatic heterocycles. The lowest BCUT2D eigenvalue weighted by molar-refractivity contribution is 0.159. The van der Waals surface area contributed by atoms with Gasteiger partial charge in [0.25, 0.3) is 0 Å². The van der Waals surface area contributed by atoms with Crippen LogP contribution in [0.5, 0.6) is 5.75 Å². The molecule has 0 radical (unpaired) electrons. The van der Waals surface area contributed by atoms with Gasteiger partial charge in [-0.3, -0.25) is 0 Å². The maximum atomic E-state index is 9.64. The maximum Gasteiger partial charge on any atom is 0.118 e. The molecule has 2 atom stereocenters. The summed E-state index contributed by atoms with van der Waals surface area (Å²) < 4.78 is 5.16. The Morgan fingerprint density at radius 3 is 2.28 bits per heavy atom. The Bertz CT molecular complexity index is 335. The van der Waals surface area contributed by atoms with E-state index in [1.165, 1.54) is 5.56 Å². The third-order valence-corrected chi connectivity index (χ3v) is 3.19. The van der Waals surface area contributed by atoms with Crippen LogP contribution in [0.4, 0.5) is 0 Å². The zero-order chi connectivity index (χ0) is 13.5. The normalized spacial score (nSPS) is 14.6. The molecule has 0 saturated carbocycles. The van der Waals surface area contributed by atoms with E-state index in [-0.39, 0.29) is 12.1 Å². The highest BCUT2D eigenvalue weighted by Crippen LogP contribution is 2.23. The molecule has 0 saturated heterocycles. The molecule has 0 heterocycles. The molecule has 0 amide bonds. The van der Waals surface area contributed by atoms with E-state index in [0.717, 1.165) is 12.2 Å². The predicted octanol–water partition coefficient (Wildman–Crippen LogP) is 2.75. The third-order valence-electron chi connectivity index (χ3n) is 3.19. The Hall–Kier alpha value is -1.06. The van der Waals surface area contributed by atoms with E-state index in [0.29, 0.717) is 12.5 Å². The molecule has 1 rings (SSSR count). The van der Waals surface area contributed by atoms with Crippen LogP contribution in [0.15, 0.2) is 24.3 Å². The summed E-state index contributed by atoms with van der Waals surface area (Å²) in [5.74, 6) is 1.34. The molecule has 1 aromatic carbocycles. The van der Waals surface area contributed by atoms with Gasteiger partial charge in [0, 0.05) is 12.6 Å². The van der Waals surface area contributed by atoms with Crippen LogP contribution < -0.4 is 10.1 Å². The second-order valence-electron chi connectivity index (χ2n) is 4.97. The second kappa shape index (κ2) is 7.39. The zero-order valence-electron chi connectivity index (χ0n) is 11.8. The molecule has 3 nitrogen and oxygen atoms in total. The summed E-state index contributed by atoms with van der Waals surface area (Å²) in [6, 6.07) is 8.37. The van der Waals surface area contributed by atoms with Crippen molar-refractivity contribution in [1.29, 1.82) is 0 Å². The van der Waals surface area contributed by atoms with Gasteiger partial charge >= 0.3 is 0 Å². The minimum atomic E-state index is -0.274. The summed E-state index contributed by atoms with van der Waals surface area (Å²) in [7, 11) is 1.67. The Morgan fingerprint density at radius 2 is 1.83 bits per heavy atom. The van der Waals surface area contributed by atoms with Crippen molar-refractivity contribution in [3.8, 4) is 5.75 Å². The van der Waals surface area contributed by atoms with Gasteiger partial charge in [-0.15, -0.1) is 0 Å². The van der Waals surface area contributed by atoms with Gasteiger partial charge in [0.2, 0.25) is 0 Å². The first-order valence-corrected chi connectivity index (χ1v) is 6.63. The van der Waals surface area contributed by atoms with Crippen molar-refractivity contribution >= 4 is 0 Å². The lowest BCUT2D eigenvalue weighted by Gasteiger charge is -2.24. The van der Waals surface area contributed by atoms with Crippen LogP contribution in [-0.2, 0) is 0 Å². The van der Waals surface area contributed by atoms with Crippen LogP contribution in [0.2, 0.25) is 0 Å². The van der Waals surface area contributed by atoms with E-state index in [4.69, 9.17) is 4.74 Å². The first-order valence-electron chi connectivity index (χ1n) is 6.63. The fourth-order valence-electron chi connectivity index (χ4n) is 1.96. The summed E-state index contributed by atoms with van der Waals surface area (Å²) in [4.78, 5) is 0. The van der Waals surface area contributed by atoms with Gasteiger partial charge in [-0.1, -0.05) is 32.9 Å². The van der Waals surface area contributed by atoms with Crippen molar-refractivity contribution in [2.24, 2.45) is 5.92 Å². The van der Waals surface area contributed by atoms with Gasteiger partial charge in [0.1, 0.15) is 5.75 Å². The standard InChI is InChI=1S/C15H25NO2/c1-5-13(17)10-16-15(11(2)3)12-6-8-14(18-4)9-7-12/h6-9,11,13,15-17H,5,10H2,1-4H3/t13-,15+/m1/s1. The second-order valence-corrected chi connectivity index (χ2v) is 4.97. The molecule has 0 unspecified atom stereocenters. The highest BCUT2D eigenvalue weighted by molar-refractivity contribution is 5.29. The quantitative estimate of drug-likeness (QED) is 0.783. The van der Waals surface area contributed by atoms with Crippen molar-refractivity contribution in [3.05, 3.63) is 29.8 Å². The number of hydrogen-bond donors (Lipinski definition) is 2. The van der Waals surface area contributed by atoms with E-state index in [1.54, 1.807) is 7.11 Å². The smallest absolute Gasteiger partial charge is 0.118 e. The Balaban J connectivity index is 2.71. The third kappa shape index (κ3) is 4.31. The van der Waals surface area contributed by atoms with E-state index >= 15 is 0 Å². The number of benzene rings is 1. The maximum absolute atomic E-state index is 9.64. The van der Waals surface area contributed by atoms with E-state index < -0.39 is 0 Å². The molecule has 18 heavy (non-hydrogen) atoms. The Morgan fingerprint density at radius 1 is 1.22 bits per heavy atom. The van der Waals surface area contributed by atoms with Crippen LogP contribution >= 0.6 is 0 Å². The summed E-state index contributed by atoms with van der Waals surface area (Å²) in [5, 5.41) is 13.1. The molecular formula is C15H25NO2. The van der Waals surface area contributed by atoms with Crippen molar-refractivity contribution in [2.45, 2.75) is 39.3 Å². The Labute approximate surface area is 110 Å². The number of rotatable bonds is 7. The van der Waals surface area contributed by atoms with Gasteiger partial charge < -0.3 is 15.2 Å². The summed E-state index contributed by atoms with van der Waals surface area (Å²) >= 11 is 0. The molecule has 1 aromatic rings. The first kappa shape index (κ1) is 15.0. The molecule has 2 N–H and O–H groups in total. The molecule has 0 aliphatic carbocycles. The number of aliphatic hydroxyl groups is 1. The molecule has 0 spiro atoms. The molecule has 0 bridgehead atoms. The van der Waals surface area contributed by atoms with Gasteiger partial charge in [-0.2, -0.15) is 0 Å². The van der Waals surface area contributed by atoms with Crippen molar-refractivity contribution in [3.63, 3.8) is 0 Å². The average Bonchev–Trinajstić information content (AvgIpc) is 2.39. The fourth-order valence-corrected chi connectivity index (χ4v) is 1.96. The van der Waals surface area contributed by atoms with Gasteiger partial charge in [-0.25, -0.2) is 0 Å². The minimum Gasteiger partial charge on any atom is -0.497 e. The molecule has 3 heteroatoms. The summed E-state index contributed by atoms with van der Waals surface area (Å²) in [6.45, 7) is 6.98. The molecule has 0 aromatic heterocycles. The molecule has 0 aliphatic rings. The lowest BCUT2D eigenvalue weighted by atomic mass is 9.95. The topological polar surface area (TPSA) is 41.5 Å². The SMILES string of the molecule is CC[C@@H](O)CN[C@H](c1ccc(OC)cc1)C(C)C. The van der Waals surface area contributed by atoms with Crippen LogP contribution in [0.3, 0.4) is 0 Å². The van der Waals surface area contributed by atoms with E-state index in [9.17, 15) is 5.11 Å². The van der Waals surface area contributed by atoms with Crippen LogP contribution in [0.25, 0.3) is 0 Å². The largest absolute Gasteiger partial charge is 0.497 e. The highest BCUT2D eigenvalue weighted by atomic mass is 16.5. The van der Waals surface area contributed by atoms with Gasteiger partial charge in [0.05, 0.1) is 13.2 Å². The van der Waals surface area contributed by atoms with Crippen molar-refractivity contribution < 1.29 is 9.84 Å². The van der Waals surface area contributed by atoms with E-state index in [2.05, 4.69) is 31.3 Å². The summed E-state index contributed by atoms with van der Waals surface area (Å²) in [6.07, 6.45) is 0.505. The number of nitrogens with one attached hydrogen (secondary N) is 1. The molecule has 102 valence electrons. The summed E-state index contributed by atoms with van der Waals surface area (Å²) in [5.41, 5.74) is 1.23. The van der Waals surface area contributed by atoms with Gasteiger partial charge in [0.15, 0.2) is 0 Å². The fraction of sp³-hybridized carbons (Fsp3) is 0.600. The monoisotopic (exact) mass is 251 g/mol. The zero-order valence-corrected chi connectivity index (χ0v) is 11.8. The van der Waals surface area contributed by atoms with Crippen molar-refractivity contribution in [2.75, 3.05) is 13.7 Å². The van der Waals surface area contributed by atoms with Crippen LogP contribution in [-0.4, -0.2) is 24.9 Å². The van der Waals surface area contributed by atoms with Crippen molar-refractivity contribution in [1.82, 2.24) is 5.32 Å². The molecule has 0 fully saturated rings. The van der Waals surface area contributed by atoms with Gasteiger partial charge in [-0.05, 0) is 30.0 Å². The Kier molecular flexibility index (Phi) is 6.16. The highest BCUT2D eigenvalue weighted by Gasteiger charge is 2.16. The molecular weight excluding hydrogens is 226 g/mol. The van der Waals surface area contributed by atoms with Crippen LogP contribution in [0.1, 0.15) is 38.8 Å².